The van der Waals surface area contributed by atoms with E-state index in [-0.39, 0.29) is 29.2 Å². The molecule has 8 nitrogen and oxygen atoms in total. The molecule has 3 heterocycles. The van der Waals surface area contributed by atoms with E-state index in [0.29, 0.717) is 17.3 Å². The minimum Gasteiger partial charge on any atom is -0.469 e. The highest BCUT2D eigenvalue weighted by Gasteiger charge is 2.27. The highest BCUT2D eigenvalue weighted by Crippen LogP contribution is 2.28. The van der Waals surface area contributed by atoms with Gasteiger partial charge in [0.2, 0.25) is 5.95 Å². The number of rotatable bonds is 5. The number of carbonyl (C=O) groups excluding carboxylic acids is 1. The van der Waals surface area contributed by atoms with Crippen LogP contribution in [0.1, 0.15) is 25.7 Å². The quantitative estimate of drug-likeness (QED) is 0.630. The minimum atomic E-state index is -0.572. The number of esters is 1. The predicted octanol–water partition coefficient (Wildman–Crippen LogP) is 2.97. The fraction of sp³-hybridized carbons (Fsp3) is 0.318. The number of anilines is 1. The summed E-state index contributed by atoms with van der Waals surface area (Å²) in [7, 11) is 1.40. The monoisotopic (exact) mass is 423 g/mol. The normalized spacial score (nSPS) is 18.4. The molecular weight excluding hydrogens is 401 g/mol. The van der Waals surface area contributed by atoms with Crippen LogP contribution in [0, 0.1) is 11.7 Å². The fourth-order valence-corrected chi connectivity index (χ4v) is 3.78. The van der Waals surface area contributed by atoms with Crippen LogP contribution < -0.4 is 10.9 Å². The lowest BCUT2D eigenvalue weighted by molar-refractivity contribution is -0.146. The molecule has 9 heteroatoms. The third kappa shape index (κ3) is 4.60. The molecule has 0 saturated heterocycles. The number of halogens is 1. The molecule has 1 N–H and O–H groups in total. The molecule has 0 aliphatic heterocycles. The molecule has 160 valence electrons. The van der Waals surface area contributed by atoms with Crippen LogP contribution in [-0.2, 0) is 9.53 Å². The zero-order chi connectivity index (χ0) is 21.8. The molecule has 0 radical (unpaired) electrons. The first kappa shape index (κ1) is 20.6. The minimum absolute atomic E-state index is 0.0793. The van der Waals surface area contributed by atoms with Gasteiger partial charge in [0.25, 0.3) is 5.56 Å². The van der Waals surface area contributed by atoms with Crippen molar-refractivity contribution in [3.63, 3.8) is 0 Å². The first-order valence-corrected chi connectivity index (χ1v) is 10.1. The Morgan fingerprint density at radius 3 is 2.74 bits per heavy atom. The number of ether oxygens (including phenoxy) is 1. The van der Waals surface area contributed by atoms with Gasteiger partial charge in [-0.05, 0) is 43.9 Å². The summed E-state index contributed by atoms with van der Waals surface area (Å²) in [6, 6.07) is 8.12. The largest absolute Gasteiger partial charge is 0.469 e. The SMILES string of the molecule is COC(=O)[C@H]1CC[C@H](Nc2ncc(F)c(-c3ccnc(-n4ccccc4=O)c3)n2)CC1. The predicted molar refractivity (Wildman–Crippen MR) is 112 cm³/mol. The Morgan fingerprint density at radius 1 is 1.19 bits per heavy atom. The molecule has 0 amide bonds. The second-order valence-electron chi connectivity index (χ2n) is 7.42. The summed E-state index contributed by atoms with van der Waals surface area (Å²) < 4.78 is 20.7. The number of hydrogen-bond donors (Lipinski definition) is 1. The molecule has 0 atom stereocenters. The van der Waals surface area contributed by atoms with Crippen molar-refractivity contribution in [3.05, 3.63) is 65.1 Å². The van der Waals surface area contributed by atoms with E-state index in [2.05, 4.69) is 20.3 Å². The van der Waals surface area contributed by atoms with E-state index in [0.717, 1.165) is 31.9 Å². The van der Waals surface area contributed by atoms with Crippen molar-refractivity contribution in [3.8, 4) is 17.1 Å². The average molecular weight is 423 g/mol. The second-order valence-corrected chi connectivity index (χ2v) is 7.42. The molecule has 0 unspecified atom stereocenters. The summed E-state index contributed by atoms with van der Waals surface area (Å²) in [4.78, 5) is 36.4. The summed E-state index contributed by atoms with van der Waals surface area (Å²) in [5.41, 5.74) is 0.367. The molecule has 1 aliphatic carbocycles. The third-order valence-electron chi connectivity index (χ3n) is 5.43. The summed E-state index contributed by atoms with van der Waals surface area (Å²) in [5.74, 6) is -0.142. The van der Waals surface area contributed by atoms with Gasteiger partial charge >= 0.3 is 5.97 Å². The number of pyridine rings is 2. The molecule has 1 fully saturated rings. The number of methoxy groups -OCH3 is 1. The van der Waals surface area contributed by atoms with E-state index in [1.54, 1.807) is 30.5 Å². The summed E-state index contributed by atoms with van der Waals surface area (Å²) in [5, 5.41) is 3.24. The molecule has 31 heavy (non-hydrogen) atoms. The zero-order valence-electron chi connectivity index (χ0n) is 17.0. The fourth-order valence-electron chi connectivity index (χ4n) is 3.78. The van der Waals surface area contributed by atoms with E-state index in [1.165, 1.54) is 23.9 Å². The Morgan fingerprint density at radius 2 is 2.00 bits per heavy atom. The topological polar surface area (TPSA) is 99.0 Å². The molecule has 1 saturated carbocycles. The molecule has 1 aliphatic rings. The van der Waals surface area contributed by atoms with E-state index in [9.17, 15) is 14.0 Å². The maximum atomic E-state index is 14.5. The van der Waals surface area contributed by atoms with E-state index >= 15 is 0 Å². The van der Waals surface area contributed by atoms with E-state index < -0.39 is 5.82 Å². The van der Waals surface area contributed by atoms with Crippen LogP contribution in [0.4, 0.5) is 10.3 Å². The van der Waals surface area contributed by atoms with Gasteiger partial charge in [0.1, 0.15) is 11.5 Å². The lowest BCUT2D eigenvalue weighted by Crippen LogP contribution is -2.30. The number of hydrogen-bond acceptors (Lipinski definition) is 7. The summed E-state index contributed by atoms with van der Waals surface area (Å²) in [6.45, 7) is 0. The van der Waals surface area contributed by atoms with Crippen LogP contribution >= 0.6 is 0 Å². The smallest absolute Gasteiger partial charge is 0.308 e. The first-order valence-electron chi connectivity index (χ1n) is 10.1. The summed E-state index contributed by atoms with van der Waals surface area (Å²) in [6.07, 6.45) is 7.21. The van der Waals surface area contributed by atoms with Gasteiger partial charge in [0.05, 0.1) is 19.2 Å². The van der Waals surface area contributed by atoms with Gasteiger partial charge in [-0.2, -0.15) is 0 Å². The highest BCUT2D eigenvalue weighted by molar-refractivity contribution is 5.72. The maximum Gasteiger partial charge on any atom is 0.308 e. The Kier molecular flexibility index (Phi) is 6.01. The standard InChI is InChI=1S/C22H22FN5O3/c1-31-21(30)14-5-7-16(8-6-14)26-22-25-13-17(23)20(27-22)15-9-10-24-18(12-15)28-11-3-2-4-19(28)29/h2-4,9-14,16H,5-8H2,1H3,(H,25,26,27)/t14-,16-. The number of nitrogens with zero attached hydrogens (tertiary/aromatic N) is 4. The van der Waals surface area contributed by atoms with Crippen molar-refractivity contribution in [2.45, 2.75) is 31.7 Å². The Labute approximate surface area is 178 Å². The van der Waals surface area contributed by atoms with Gasteiger partial charge in [0.15, 0.2) is 5.82 Å². The van der Waals surface area contributed by atoms with Gasteiger partial charge < -0.3 is 10.1 Å². The van der Waals surface area contributed by atoms with Crippen molar-refractivity contribution < 1.29 is 13.9 Å². The molecule has 0 spiro atoms. The van der Waals surface area contributed by atoms with Crippen molar-refractivity contribution in [2.75, 3.05) is 12.4 Å². The van der Waals surface area contributed by atoms with Crippen LogP contribution in [0.2, 0.25) is 0 Å². The summed E-state index contributed by atoms with van der Waals surface area (Å²) >= 11 is 0. The molecular formula is C22H22FN5O3. The van der Waals surface area contributed by atoms with Crippen LogP contribution in [0.5, 0.6) is 0 Å². The van der Waals surface area contributed by atoms with Crippen LogP contribution in [0.15, 0.2) is 53.7 Å². The van der Waals surface area contributed by atoms with E-state index in [4.69, 9.17) is 4.74 Å². The maximum absolute atomic E-state index is 14.5. The van der Waals surface area contributed by atoms with Gasteiger partial charge in [0, 0.05) is 30.1 Å². The molecule has 3 aromatic rings. The first-order chi connectivity index (χ1) is 15.0. The Balaban J connectivity index is 1.54. The number of nitrogens with one attached hydrogen (secondary N) is 1. The van der Waals surface area contributed by atoms with Crippen molar-refractivity contribution >= 4 is 11.9 Å². The second kappa shape index (κ2) is 9.03. The van der Waals surface area contributed by atoms with Crippen LogP contribution in [-0.4, -0.2) is 38.6 Å². The van der Waals surface area contributed by atoms with Gasteiger partial charge in [-0.3, -0.25) is 14.2 Å². The lowest BCUT2D eigenvalue weighted by atomic mass is 9.86. The number of aromatic nitrogens is 4. The van der Waals surface area contributed by atoms with Gasteiger partial charge in [-0.1, -0.05) is 6.07 Å². The molecule has 0 aromatic carbocycles. The lowest BCUT2D eigenvalue weighted by Gasteiger charge is -2.27. The Bertz CT molecular complexity index is 1140. The van der Waals surface area contributed by atoms with Crippen molar-refractivity contribution in [1.29, 1.82) is 0 Å². The third-order valence-corrected chi connectivity index (χ3v) is 5.43. The van der Waals surface area contributed by atoms with Gasteiger partial charge in [-0.15, -0.1) is 0 Å². The zero-order valence-corrected chi connectivity index (χ0v) is 17.0. The van der Waals surface area contributed by atoms with Gasteiger partial charge in [-0.25, -0.2) is 19.3 Å². The van der Waals surface area contributed by atoms with E-state index in [1.807, 2.05) is 0 Å². The van der Waals surface area contributed by atoms with Crippen molar-refractivity contribution in [2.24, 2.45) is 5.92 Å². The number of carbonyl (C=O) groups is 1. The molecule has 0 bridgehead atoms. The Hall–Kier alpha value is -3.62. The highest BCUT2D eigenvalue weighted by atomic mass is 19.1. The average Bonchev–Trinajstić information content (AvgIpc) is 2.80. The molecule has 4 rings (SSSR count). The van der Waals surface area contributed by atoms with Crippen LogP contribution in [0.25, 0.3) is 17.1 Å². The van der Waals surface area contributed by atoms with Crippen molar-refractivity contribution in [1.82, 2.24) is 19.5 Å². The molecule has 3 aromatic heterocycles. The van der Waals surface area contributed by atoms with Crippen LogP contribution in [0.3, 0.4) is 0 Å².